The highest BCUT2D eigenvalue weighted by Crippen LogP contribution is 2.35. The molecule has 0 spiro atoms. The molecule has 1 aromatic carbocycles. The third kappa shape index (κ3) is 1.95. The number of rotatable bonds is 3. The van der Waals surface area contributed by atoms with Crippen LogP contribution in [0.15, 0.2) is 41.3 Å². The molecule has 1 aromatic rings. The normalized spacial score (nSPS) is 25.9. The van der Waals surface area contributed by atoms with E-state index >= 15 is 0 Å². The summed E-state index contributed by atoms with van der Waals surface area (Å²) in [6.07, 6.45) is 4.80. The largest absolute Gasteiger partial charge is 0.269 e. The SMILES string of the molecule is O=[N+]([O-])c1ccc(S(=O)(=O)N2C[C@H]3C=C[C@@H]2C3)cc1. The summed E-state index contributed by atoms with van der Waals surface area (Å²) in [5.41, 5.74) is -0.109. The van der Waals surface area contributed by atoms with Gasteiger partial charge in [-0.3, -0.25) is 10.1 Å². The third-order valence-corrected chi connectivity index (χ3v) is 5.49. The van der Waals surface area contributed by atoms with Crippen LogP contribution in [0, 0.1) is 16.0 Å². The Morgan fingerprint density at radius 1 is 1.21 bits per heavy atom. The molecule has 1 saturated heterocycles. The van der Waals surface area contributed by atoms with E-state index in [0.717, 1.165) is 6.42 Å². The van der Waals surface area contributed by atoms with Gasteiger partial charge in [-0.05, 0) is 24.5 Å². The molecule has 0 aromatic heterocycles. The number of nitro groups is 1. The van der Waals surface area contributed by atoms with Gasteiger partial charge in [0.25, 0.3) is 5.69 Å². The molecule has 7 heteroatoms. The molecule has 0 amide bonds. The molecule has 1 fully saturated rings. The molecule has 1 aliphatic carbocycles. The first-order valence-corrected chi connectivity index (χ1v) is 7.37. The van der Waals surface area contributed by atoms with E-state index in [4.69, 9.17) is 0 Å². The van der Waals surface area contributed by atoms with Gasteiger partial charge < -0.3 is 0 Å². The van der Waals surface area contributed by atoms with Gasteiger partial charge in [-0.15, -0.1) is 0 Å². The topological polar surface area (TPSA) is 80.5 Å². The van der Waals surface area contributed by atoms with E-state index in [2.05, 4.69) is 0 Å². The second-order valence-electron chi connectivity index (χ2n) is 4.77. The van der Waals surface area contributed by atoms with Crippen LogP contribution in [0.4, 0.5) is 5.69 Å². The molecule has 0 N–H and O–H groups in total. The first-order valence-electron chi connectivity index (χ1n) is 5.93. The van der Waals surface area contributed by atoms with Crippen molar-refractivity contribution in [3.63, 3.8) is 0 Å². The summed E-state index contributed by atoms with van der Waals surface area (Å²) in [7, 11) is -3.55. The highest BCUT2D eigenvalue weighted by atomic mass is 32.2. The minimum Gasteiger partial charge on any atom is -0.258 e. The fraction of sp³-hybridized carbons (Fsp3) is 0.333. The summed E-state index contributed by atoms with van der Waals surface area (Å²) >= 11 is 0. The Bertz CT molecular complexity index is 651. The second-order valence-corrected chi connectivity index (χ2v) is 6.66. The van der Waals surface area contributed by atoms with Crippen LogP contribution in [0.1, 0.15) is 6.42 Å². The quantitative estimate of drug-likeness (QED) is 0.478. The van der Waals surface area contributed by atoms with Crippen LogP contribution in [-0.2, 0) is 10.0 Å². The van der Waals surface area contributed by atoms with Crippen LogP contribution < -0.4 is 0 Å². The smallest absolute Gasteiger partial charge is 0.258 e. The summed E-state index contributed by atoms with van der Waals surface area (Å²) in [5.74, 6) is 0.304. The number of fused-ring (bicyclic) bond motifs is 2. The number of nitro benzene ring substituents is 1. The maximum Gasteiger partial charge on any atom is 0.269 e. The van der Waals surface area contributed by atoms with Gasteiger partial charge in [-0.2, -0.15) is 4.31 Å². The van der Waals surface area contributed by atoms with Crippen molar-refractivity contribution in [2.75, 3.05) is 6.54 Å². The van der Waals surface area contributed by atoms with Gasteiger partial charge in [0, 0.05) is 24.7 Å². The first-order chi connectivity index (χ1) is 8.98. The molecule has 0 unspecified atom stereocenters. The van der Waals surface area contributed by atoms with Crippen molar-refractivity contribution in [2.45, 2.75) is 17.4 Å². The second kappa shape index (κ2) is 4.14. The van der Waals surface area contributed by atoms with Crippen LogP contribution in [-0.4, -0.2) is 30.2 Å². The van der Waals surface area contributed by atoms with Gasteiger partial charge >= 0.3 is 0 Å². The maximum atomic E-state index is 12.4. The van der Waals surface area contributed by atoms with E-state index in [9.17, 15) is 18.5 Å². The van der Waals surface area contributed by atoms with Gasteiger partial charge in [-0.25, -0.2) is 8.42 Å². The van der Waals surface area contributed by atoms with Crippen LogP contribution in [0.5, 0.6) is 0 Å². The average molecular weight is 280 g/mol. The van der Waals surface area contributed by atoms with E-state index in [1.165, 1.54) is 28.6 Å². The standard InChI is InChI=1S/C12H12N2O4S/c15-14(16)10-3-5-12(6-4-10)19(17,18)13-8-9-1-2-11(13)7-9/h1-6,9,11H,7-8H2/t9-,11+/m0/s1. The van der Waals surface area contributed by atoms with Crippen LogP contribution in [0.3, 0.4) is 0 Å². The minimum atomic E-state index is -3.55. The number of hydrogen-bond acceptors (Lipinski definition) is 4. The van der Waals surface area contributed by atoms with Gasteiger partial charge in [0.2, 0.25) is 10.0 Å². The zero-order valence-corrected chi connectivity index (χ0v) is 10.8. The van der Waals surface area contributed by atoms with E-state index in [-0.39, 0.29) is 16.6 Å². The van der Waals surface area contributed by atoms with E-state index < -0.39 is 14.9 Å². The molecule has 0 saturated carbocycles. The molecule has 1 aliphatic heterocycles. The predicted molar refractivity (Wildman–Crippen MR) is 68.0 cm³/mol. The number of hydrogen-bond donors (Lipinski definition) is 0. The molecule has 2 atom stereocenters. The van der Waals surface area contributed by atoms with Crippen molar-refractivity contribution in [3.05, 3.63) is 46.5 Å². The molecular formula is C12H12N2O4S. The highest BCUT2D eigenvalue weighted by Gasteiger charge is 2.41. The van der Waals surface area contributed by atoms with Crippen LogP contribution in [0.25, 0.3) is 0 Å². The Hall–Kier alpha value is -1.73. The Morgan fingerprint density at radius 3 is 2.37 bits per heavy atom. The van der Waals surface area contributed by atoms with Crippen molar-refractivity contribution in [2.24, 2.45) is 5.92 Å². The number of sulfonamides is 1. The lowest BCUT2D eigenvalue weighted by Gasteiger charge is -2.23. The van der Waals surface area contributed by atoms with Crippen LogP contribution >= 0.6 is 0 Å². The van der Waals surface area contributed by atoms with Gasteiger partial charge in [0.05, 0.1) is 9.82 Å². The predicted octanol–water partition coefficient (Wildman–Crippen LogP) is 1.54. The molecule has 3 rings (SSSR count). The fourth-order valence-electron chi connectivity index (χ4n) is 2.62. The number of non-ortho nitro benzene ring substituents is 1. The Labute approximate surface area is 110 Å². The van der Waals surface area contributed by atoms with Crippen molar-refractivity contribution in [1.29, 1.82) is 0 Å². The number of nitrogens with zero attached hydrogens (tertiary/aromatic N) is 2. The Morgan fingerprint density at radius 2 is 1.89 bits per heavy atom. The number of benzene rings is 1. The van der Waals surface area contributed by atoms with Gasteiger partial charge in [0.15, 0.2) is 0 Å². The summed E-state index contributed by atoms with van der Waals surface area (Å²) in [5, 5.41) is 10.6. The molecule has 1 heterocycles. The zero-order chi connectivity index (χ0) is 13.6. The van der Waals surface area contributed by atoms with E-state index in [0.29, 0.717) is 12.5 Å². The van der Waals surface area contributed by atoms with Crippen LogP contribution in [0.2, 0.25) is 0 Å². The van der Waals surface area contributed by atoms with Gasteiger partial charge in [-0.1, -0.05) is 12.2 Å². The fourth-order valence-corrected chi connectivity index (χ4v) is 4.27. The van der Waals surface area contributed by atoms with E-state index in [1.807, 2.05) is 12.2 Å². The molecule has 19 heavy (non-hydrogen) atoms. The molecule has 2 bridgehead atoms. The summed E-state index contributed by atoms with van der Waals surface area (Å²) < 4.78 is 26.3. The van der Waals surface area contributed by atoms with Crippen molar-refractivity contribution >= 4 is 15.7 Å². The van der Waals surface area contributed by atoms with Crippen molar-refractivity contribution in [1.82, 2.24) is 4.31 Å². The molecule has 0 radical (unpaired) electrons. The monoisotopic (exact) mass is 280 g/mol. The Kier molecular flexibility index (Phi) is 2.68. The molecule has 100 valence electrons. The lowest BCUT2D eigenvalue weighted by molar-refractivity contribution is -0.384. The first kappa shape index (κ1) is 12.3. The molecular weight excluding hydrogens is 268 g/mol. The van der Waals surface area contributed by atoms with E-state index in [1.54, 1.807) is 0 Å². The average Bonchev–Trinajstić information content (AvgIpc) is 3.01. The zero-order valence-electron chi connectivity index (χ0n) is 9.97. The lowest BCUT2D eigenvalue weighted by Crippen LogP contribution is -2.35. The third-order valence-electron chi connectivity index (χ3n) is 3.59. The van der Waals surface area contributed by atoms with Crippen molar-refractivity contribution in [3.8, 4) is 0 Å². The Balaban J connectivity index is 1.92. The maximum absolute atomic E-state index is 12.4. The summed E-state index contributed by atoms with van der Waals surface area (Å²) in [6, 6.07) is 4.96. The minimum absolute atomic E-state index is 0.0646. The summed E-state index contributed by atoms with van der Waals surface area (Å²) in [4.78, 5) is 10.1. The van der Waals surface area contributed by atoms with Crippen molar-refractivity contribution < 1.29 is 13.3 Å². The molecule has 6 nitrogen and oxygen atoms in total. The molecule has 2 aliphatic rings. The summed E-state index contributed by atoms with van der Waals surface area (Å²) in [6.45, 7) is 0.500. The highest BCUT2D eigenvalue weighted by molar-refractivity contribution is 7.89. The lowest BCUT2D eigenvalue weighted by atomic mass is 10.2. The van der Waals surface area contributed by atoms with Gasteiger partial charge in [0.1, 0.15) is 0 Å².